The van der Waals surface area contributed by atoms with Crippen LogP contribution in [-0.4, -0.2) is 12.3 Å². The molecule has 1 N–H and O–H groups in total. The molecule has 0 spiro atoms. The van der Waals surface area contributed by atoms with E-state index < -0.39 is 0 Å². The molecule has 1 heterocycles. The van der Waals surface area contributed by atoms with E-state index >= 15 is 0 Å². The fraction of sp³-hybridized carbons (Fsp3) is 0.364. The fourth-order valence-electron chi connectivity index (χ4n) is 2.42. The van der Waals surface area contributed by atoms with Gasteiger partial charge in [0.05, 0.1) is 0 Å². The van der Waals surface area contributed by atoms with Crippen LogP contribution in [0.4, 0.5) is 5.69 Å². The highest BCUT2D eigenvalue weighted by molar-refractivity contribution is 6.00. The minimum atomic E-state index is 0.316. The molecular formula is C11H11NO. The zero-order valence-corrected chi connectivity index (χ0v) is 7.34. The van der Waals surface area contributed by atoms with E-state index in [1.165, 1.54) is 11.3 Å². The summed E-state index contributed by atoms with van der Waals surface area (Å²) in [6.07, 6.45) is 1.75. The van der Waals surface area contributed by atoms with Crippen molar-refractivity contribution in [1.82, 2.24) is 0 Å². The average Bonchev–Trinajstić information content (AvgIpc) is 2.57. The van der Waals surface area contributed by atoms with Crippen molar-refractivity contribution in [2.45, 2.75) is 18.8 Å². The van der Waals surface area contributed by atoms with Gasteiger partial charge in [0, 0.05) is 30.1 Å². The lowest BCUT2D eigenvalue weighted by Gasteiger charge is -2.18. The van der Waals surface area contributed by atoms with E-state index in [0.717, 1.165) is 24.9 Å². The van der Waals surface area contributed by atoms with Gasteiger partial charge in [-0.25, -0.2) is 0 Å². The minimum absolute atomic E-state index is 0.316. The summed E-state index contributed by atoms with van der Waals surface area (Å²) in [5, 5.41) is 3.35. The monoisotopic (exact) mass is 173 g/mol. The number of carbonyl (C=O) groups excluding carboxylic acids is 1. The van der Waals surface area contributed by atoms with Crippen molar-refractivity contribution >= 4 is 11.5 Å². The molecule has 0 aromatic heterocycles. The van der Waals surface area contributed by atoms with Crippen LogP contribution in [0.25, 0.3) is 0 Å². The molecule has 1 aromatic carbocycles. The smallest absolute Gasteiger partial charge is 0.163 e. The first-order valence-electron chi connectivity index (χ1n) is 4.76. The number of hydrogen-bond donors (Lipinski definition) is 1. The molecule has 0 saturated carbocycles. The fourth-order valence-corrected chi connectivity index (χ4v) is 2.42. The van der Waals surface area contributed by atoms with Crippen molar-refractivity contribution in [3.8, 4) is 0 Å². The highest BCUT2D eigenvalue weighted by atomic mass is 16.1. The van der Waals surface area contributed by atoms with Crippen molar-refractivity contribution in [2.75, 3.05) is 11.9 Å². The van der Waals surface area contributed by atoms with Crippen LogP contribution in [0.1, 0.15) is 34.7 Å². The molecule has 0 radical (unpaired) electrons. The quantitative estimate of drug-likeness (QED) is 0.651. The van der Waals surface area contributed by atoms with E-state index in [0.29, 0.717) is 11.7 Å². The Morgan fingerprint density at radius 2 is 2.31 bits per heavy atom. The molecule has 3 rings (SSSR count). The molecule has 2 aliphatic rings. The van der Waals surface area contributed by atoms with Crippen LogP contribution in [0.3, 0.4) is 0 Å². The number of hydrogen-bond acceptors (Lipinski definition) is 2. The Hall–Kier alpha value is -1.31. The van der Waals surface area contributed by atoms with Gasteiger partial charge in [0.1, 0.15) is 0 Å². The molecule has 2 nitrogen and oxygen atoms in total. The van der Waals surface area contributed by atoms with Crippen LogP contribution in [0.5, 0.6) is 0 Å². The van der Waals surface area contributed by atoms with Crippen molar-refractivity contribution in [1.29, 1.82) is 0 Å². The minimum Gasteiger partial charge on any atom is -0.384 e. The first-order valence-corrected chi connectivity index (χ1v) is 4.76. The van der Waals surface area contributed by atoms with E-state index in [-0.39, 0.29) is 0 Å². The molecule has 0 bridgehead atoms. The van der Waals surface area contributed by atoms with Crippen LogP contribution in [0, 0.1) is 0 Å². The van der Waals surface area contributed by atoms with E-state index in [9.17, 15) is 4.79 Å². The Balaban J connectivity index is 2.28. The summed E-state index contributed by atoms with van der Waals surface area (Å²) in [6.45, 7) is 1.01. The molecule has 0 amide bonds. The van der Waals surface area contributed by atoms with Crippen molar-refractivity contribution in [3.05, 3.63) is 29.3 Å². The van der Waals surface area contributed by atoms with Gasteiger partial charge in [-0.3, -0.25) is 4.79 Å². The number of Topliss-reactive ketones (excluding diaryl/α,β-unsaturated/α-hetero) is 1. The first-order chi connectivity index (χ1) is 6.36. The summed E-state index contributed by atoms with van der Waals surface area (Å²) < 4.78 is 0. The first kappa shape index (κ1) is 7.13. The Labute approximate surface area is 77.0 Å². The number of benzene rings is 1. The molecule has 66 valence electrons. The number of ketones is 1. The number of nitrogens with one attached hydrogen (secondary N) is 1. The Kier molecular flexibility index (Phi) is 1.29. The maximum Gasteiger partial charge on any atom is 0.163 e. The predicted molar refractivity (Wildman–Crippen MR) is 51.2 cm³/mol. The van der Waals surface area contributed by atoms with Crippen LogP contribution >= 0.6 is 0 Å². The van der Waals surface area contributed by atoms with E-state index in [2.05, 4.69) is 11.4 Å². The lowest BCUT2D eigenvalue weighted by atomic mass is 9.83. The summed E-state index contributed by atoms with van der Waals surface area (Å²) in [7, 11) is 0. The Morgan fingerprint density at radius 3 is 3.23 bits per heavy atom. The number of carbonyl (C=O) groups is 1. The van der Waals surface area contributed by atoms with Gasteiger partial charge in [0.25, 0.3) is 0 Å². The molecule has 1 aromatic rings. The number of rotatable bonds is 0. The molecule has 1 aliphatic carbocycles. The van der Waals surface area contributed by atoms with Gasteiger partial charge in [-0.2, -0.15) is 0 Å². The summed E-state index contributed by atoms with van der Waals surface area (Å²) in [4.78, 5) is 11.6. The Bertz CT molecular complexity index is 384. The predicted octanol–water partition coefficient (Wildman–Crippen LogP) is 2.17. The second-order valence-corrected chi connectivity index (χ2v) is 3.81. The standard InChI is InChI=1S/C11H11NO/c13-10-5-4-7-6-12-9-3-1-2-8(10)11(7)9/h1-3,7,12H,4-6H2/t7-/m1/s1. The summed E-state index contributed by atoms with van der Waals surface area (Å²) in [5.74, 6) is 0.903. The third-order valence-corrected chi connectivity index (χ3v) is 3.07. The SMILES string of the molecule is O=C1CC[C@@H]2CNc3cccc1c32. The van der Waals surface area contributed by atoms with Gasteiger partial charge in [0.2, 0.25) is 0 Å². The second kappa shape index (κ2) is 2.34. The molecule has 0 unspecified atom stereocenters. The van der Waals surface area contributed by atoms with Crippen LogP contribution < -0.4 is 5.32 Å². The zero-order chi connectivity index (χ0) is 8.84. The summed E-state index contributed by atoms with van der Waals surface area (Å²) in [6, 6.07) is 5.99. The molecule has 0 fully saturated rings. The summed E-state index contributed by atoms with van der Waals surface area (Å²) >= 11 is 0. The maximum atomic E-state index is 11.6. The van der Waals surface area contributed by atoms with E-state index in [1.54, 1.807) is 0 Å². The average molecular weight is 173 g/mol. The summed E-state index contributed by atoms with van der Waals surface area (Å²) in [5.41, 5.74) is 3.41. The second-order valence-electron chi connectivity index (χ2n) is 3.81. The van der Waals surface area contributed by atoms with Gasteiger partial charge in [-0.15, -0.1) is 0 Å². The van der Waals surface area contributed by atoms with Crippen molar-refractivity contribution in [2.24, 2.45) is 0 Å². The largest absolute Gasteiger partial charge is 0.384 e. The normalized spacial score (nSPS) is 24.0. The zero-order valence-electron chi connectivity index (χ0n) is 7.34. The van der Waals surface area contributed by atoms with Gasteiger partial charge in [0.15, 0.2) is 5.78 Å². The molecule has 1 atom stereocenters. The van der Waals surface area contributed by atoms with Gasteiger partial charge in [-0.05, 0) is 18.1 Å². The van der Waals surface area contributed by atoms with Gasteiger partial charge in [-0.1, -0.05) is 12.1 Å². The topological polar surface area (TPSA) is 29.1 Å². The van der Waals surface area contributed by atoms with E-state index in [1.807, 2.05) is 12.1 Å². The van der Waals surface area contributed by atoms with Gasteiger partial charge < -0.3 is 5.32 Å². The Morgan fingerprint density at radius 1 is 1.38 bits per heavy atom. The lowest BCUT2D eigenvalue weighted by molar-refractivity contribution is 0.0968. The third kappa shape index (κ3) is 0.857. The molecule has 1 aliphatic heterocycles. The lowest BCUT2D eigenvalue weighted by Crippen LogP contribution is -2.14. The molecule has 13 heavy (non-hydrogen) atoms. The van der Waals surface area contributed by atoms with E-state index in [4.69, 9.17) is 0 Å². The molecule has 0 saturated heterocycles. The van der Waals surface area contributed by atoms with Gasteiger partial charge >= 0.3 is 0 Å². The number of anilines is 1. The van der Waals surface area contributed by atoms with Crippen LogP contribution in [0.2, 0.25) is 0 Å². The molecular weight excluding hydrogens is 162 g/mol. The highest BCUT2D eigenvalue weighted by Crippen LogP contribution is 2.40. The van der Waals surface area contributed by atoms with Crippen molar-refractivity contribution < 1.29 is 4.79 Å². The highest BCUT2D eigenvalue weighted by Gasteiger charge is 2.31. The third-order valence-electron chi connectivity index (χ3n) is 3.07. The van der Waals surface area contributed by atoms with Crippen molar-refractivity contribution in [3.63, 3.8) is 0 Å². The maximum absolute atomic E-state index is 11.6. The molecule has 2 heteroatoms. The van der Waals surface area contributed by atoms with Crippen LogP contribution in [-0.2, 0) is 0 Å². The van der Waals surface area contributed by atoms with Crippen LogP contribution in [0.15, 0.2) is 18.2 Å².